The maximum absolute atomic E-state index is 12.7. The number of carbonyl (C=O) groups excluding carboxylic acids is 3. The Bertz CT molecular complexity index is 1310. The molecule has 1 unspecified atom stereocenters. The zero-order valence-corrected chi connectivity index (χ0v) is 39.8. The molecule has 0 amide bonds. The van der Waals surface area contributed by atoms with Crippen molar-refractivity contribution >= 4 is 17.9 Å². The monoisotopic (exact) mass is 859 g/mol. The van der Waals surface area contributed by atoms with Gasteiger partial charge in [-0.05, 0) is 51.4 Å². The molecule has 6 heteroatoms. The number of hydrogen-bond acceptors (Lipinski definition) is 6. The van der Waals surface area contributed by atoms with Crippen molar-refractivity contribution in [2.75, 3.05) is 13.2 Å². The van der Waals surface area contributed by atoms with E-state index in [-0.39, 0.29) is 31.6 Å². The van der Waals surface area contributed by atoms with Crippen molar-refractivity contribution < 1.29 is 28.6 Å². The summed E-state index contributed by atoms with van der Waals surface area (Å²) in [6.07, 6.45) is 66.6. The van der Waals surface area contributed by atoms with Gasteiger partial charge >= 0.3 is 17.9 Å². The van der Waals surface area contributed by atoms with Gasteiger partial charge in [-0.2, -0.15) is 0 Å². The third-order valence-electron chi connectivity index (χ3n) is 10.2. The largest absolute Gasteiger partial charge is 0.462 e. The van der Waals surface area contributed by atoms with Crippen LogP contribution in [0.4, 0.5) is 0 Å². The van der Waals surface area contributed by atoms with Gasteiger partial charge in [0.25, 0.3) is 0 Å². The van der Waals surface area contributed by atoms with Crippen LogP contribution in [-0.2, 0) is 28.6 Å². The van der Waals surface area contributed by atoms with Crippen LogP contribution in [0, 0.1) is 0 Å². The van der Waals surface area contributed by atoms with Crippen LogP contribution in [0.1, 0.15) is 207 Å². The van der Waals surface area contributed by atoms with Gasteiger partial charge in [-0.3, -0.25) is 14.4 Å². The number of carbonyl (C=O) groups is 3. The molecule has 0 saturated heterocycles. The zero-order valence-electron chi connectivity index (χ0n) is 39.8. The Balaban J connectivity index is 4.49. The van der Waals surface area contributed by atoms with E-state index >= 15 is 0 Å². The number of unbranched alkanes of at least 4 members (excludes halogenated alkanes) is 21. The highest BCUT2D eigenvalue weighted by atomic mass is 16.6. The smallest absolute Gasteiger partial charge is 0.306 e. The van der Waals surface area contributed by atoms with Gasteiger partial charge in [-0.25, -0.2) is 0 Å². The summed E-state index contributed by atoms with van der Waals surface area (Å²) < 4.78 is 16.7. The molecule has 0 heterocycles. The van der Waals surface area contributed by atoms with E-state index in [0.29, 0.717) is 19.3 Å². The fourth-order valence-electron chi connectivity index (χ4n) is 6.54. The number of rotatable bonds is 43. The van der Waals surface area contributed by atoms with E-state index in [0.717, 1.165) is 64.2 Å². The second-order valence-corrected chi connectivity index (χ2v) is 16.2. The zero-order chi connectivity index (χ0) is 45.1. The average Bonchev–Trinajstić information content (AvgIpc) is 3.27. The summed E-state index contributed by atoms with van der Waals surface area (Å²) in [5.74, 6) is -1.04. The van der Waals surface area contributed by atoms with Crippen molar-refractivity contribution in [3.05, 3.63) is 109 Å². The number of allylic oxidation sites excluding steroid dienone is 18. The lowest BCUT2D eigenvalue weighted by Gasteiger charge is -2.18. The van der Waals surface area contributed by atoms with E-state index in [2.05, 4.69) is 39.0 Å². The Morgan fingerprint density at radius 1 is 0.339 bits per heavy atom. The molecule has 0 radical (unpaired) electrons. The predicted molar refractivity (Wildman–Crippen MR) is 265 cm³/mol. The van der Waals surface area contributed by atoms with E-state index in [9.17, 15) is 14.4 Å². The Kier molecular flexibility index (Phi) is 46.6. The van der Waals surface area contributed by atoms with Gasteiger partial charge in [0.1, 0.15) is 13.2 Å². The first-order valence-electron chi connectivity index (χ1n) is 25.0. The van der Waals surface area contributed by atoms with Crippen molar-refractivity contribution in [1.82, 2.24) is 0 Å². The van der Waals surface area contributed by atoms with Crippen LogP contribution in [0.2, 0.25) is 0 Å². The Morgan fingerprint density at radius 3 is 1.03 bits per heavy atom. The molecular formula is C56H90O6. The van der Waals surface area contributed by atoms with Crippen molar-refractivity contribution in [1.29, 1.82) is 0 Å². The van der Waals surface area contributed by atoms with E-state index in [1.807, 2.05) is 91.1 Å². The standard InChI is InChI=1S/C56H90O6/c1-4-7-10-13-16-19-22-25-26-27-28-29-32-34-37-40-43-46-49-55(58)61-52-53(62-56(59)50-47-44-41-38-35-31-24-21-18-15-12-9-6-3)51-60-54(57)48-45-42-39-36-33-30-23-20-17-14-11-8-5-2/h8-9,11-12,14-15,17-18,20-21,23-24,30-31,33,35,38,41,53H,4-7,10,13,16,19,22,25-29,32,34,36-37,39-40,42-52H2,1-3H3/b11-8+,12-9+,17-14+,18-15+,23-20+,24-21+,33-30+,35-31+,41-38+. The molecule has 0 aromatic carbocycles. The van der Waals surface area contributed by atoms with Crippen LogP contribution in [0.3, 0.4) is 0 Å². The second-order valence-electron chi connectivity index (χ2n) is 16.2. The van der Waals surface area contributed by atoms with Gasteiger partial charge in [-0.1, -0.05) is 246 Å². The molecule has 0 fully saturated rings. The Labute approximate surface area is 380 Å². The molecule has 1 atom stereocenters. The Morgan fingerprint density at radius 2 is 0.645 bits per heavy atom. The van der Waals surface area contributed by atoms with E-state index in [1.165, 1.54) is 96.3 Å². The third-order valence-corrected chi connectivity index (χ3v) is 10.2. The molecule has 0 aliphatic carbocycles. The lowest BCUT2D eigenvalue weighted by atomic mass is 10.0. The van der Waals surface area contributed by atoms with E-state index in [1.54, 1.807) is 0 Å². The number of esters is 3. The number of hydrogen-bond donors (Lipinski definition) is 0. The van der Waals surface area contributed by atoms with Crippen LogP contribution in [-0.4, -0.2) is 37.2 Å². The molecule has 6 nitrogen and oxygen atoms in total. The summed E-state index contributed by atoms with van der Waals surface area (Å²) in [4.78, 5) is 37.9. The molecule has 0 aromatic heterocycles. The highest BCUT2D eigenvalue weighted by Crippen LogP contribution is 2.15. The molecular weight excluding hydrogens is 769 g/mol. The molecule has 0 aliphatic rings. The quantitative estimate of drug-likeness (QED) is 0.0263. The lowest BCUT2D eigenvalue weighted by molar-refractivity contribution is -0.167. The summed E-state index contributed by atoms with van der Waals surface area (Å²) in [5, 5.41) is 0. The summed E-state index contributed by atoms with van der Waals surface area (Å²) in [6, 6.07) is 0. The normalized spacial score (nSPS) is 13.0. The Hall–Kier alpha value is -3.93. The van der Waals surface area contributed by atoms with Gasteiger partial charge in [-0.15, -0.1) is 0 Å². The van der Waals surface area contributed by atoms with Crippen LogP contribution in [0.15, 0.2) is 109 Å². The molecule has 350 valence electrons. The first-order valence-corrected chi connectivity index (χ1v) is 25.0. The maximum Gasteiger partial charge on any atom is 0.306 e. The fourth-order valence-corrected chi connectivity index (χ4v) is 6.54. The van der Waals surface area contributed by atoms with Crippen molar-refractivity contribution in [3.8, 4) is 0 Å². The van der Waals surface area contributed by atoms with Crippen molar-refractivity contribution in [3.63, 3.8) is 0 Å². The van der Waals surface area contributed by atoms with Crippen LogP contribution in [0.25, 0.3) is 0 Å². The highest BCUT2D eigenvalue weighted by Gasteiger charge is 2.19. The molecule has 0 bridgehead atoms. The second kappa shape index (κ2) is 49.7. The molecule has 0 aromatic rings. The molecule has 0 aliphatic heterocycles. The third kappa shape index (κ3) is 47.1. The molecule has 0 rings (SSSR count). The first-order chi connectivity index (χ1) is 30.5. The summed E-state index contributed by atoms with van der Waals surface area (Å²) in [7, 11) is 0. The summed E-state index contributed by atoms with van der Waals surface area (Å²) >= 11 is 0. The minimum absolute atomic E-state index is 0.120. The van der Waals surface area contributed by atoms with E-state index < -0.39 is 12.1 Å². The van der Waals surface area contributed by atoms with Crippen LogP contribution >= 0.6 is 0 Å². The van der Waals surface area contributed by atoms with E-state index in [4.69, 9.17) is 14.2 Å². The van der Waals surface area contributed by atoms with Crippen LogP contribution in [0.5, 0.6) is 0 Å². The minimum Gasteiger partial charge on any atom is -0.462 e. The van der Waals surface area contributed by atoms with Crippen molar-refractivity contribution in [2.45, 2.75) is 213 Å². The topological polar surface area (TPSA) is 78.9 Å². The summed E-state index contributed by atoms with van der Waals surface area (Å²) in [6.45, 7) is 6.25. The van der Waals surface area contributed by atoms with Gasteiger partial charge in [0.05, 0.1) is 0 Å². The lowest BCUT2D eigenvalue weighted by Crippen LogP contribution is -2.30. The SMILES string of the molecule is CC/C=C/C=C/C=C/C=C/C=C/CCCC(=O)OC(COC(=O)CCCCC/C=C/C=C/C=C/C=C/CC)COC(=O)CCCCCCCCCCCCCCCCCCCC. The summed E-state index contributed by atoms with van der Waals surface area (Å²) in [5.41, 5.74) is 0. The fraction of sp³-hybridized carbons (Fsp3) is 0.625. The van der Waals surface area contributed by atoms with Crippen molar-refractivity contribution in [2.24, 2.45) is 0 Å². The molecule has 62 heavy (non-hydrogen) atoms. The van der Waals surface area contributed by atoms with Crippen LogP contribution < -0.4 is 0 Å². The van der Waals surface area contributed by atoms with Gasteiger partial charge in [0.2, 0.25) is 0 Å². The van der Waals surface area contributed by atoms with Gasteiger partial charge in [0, 0.05) is 19.3 Å². The number of ether oxygens (including phenoxy) is 3. The average molecular weight is 859 g/mol. The maximum atomic E-state index is 12.7. The molecule has 0 saturated carbocycles. The first kappa shape index (κ1) is 58.1. The predicted octanol–water partition coefficient (Wildman–Crippen LogP) is 16.4. The molecule has 0 N–H and O–H groups in total. The molecule has 0 spiro atoms. The van der Waals surface area contributed by atoms with Gasteiger partial charge < -0.3 is 14.2 Å². The minimum atomic E-state index is -0.830. The highest BCUT2D eigenvalue weighted by molar-refractivity contribution is 5.71. The van der Waals surface area contributed by atoms with Gasteiger partial charge in [0.15, 0.2) is 6.10 Å².